The summed E-state index contributed by atoms with van der Waals surface area (Å²) in [6.45, 7) is 3.49. The average molecular weight is 225 g/mol. The minimum atomic E-state index is 0.677. The second kappa shape index (κ2) is 3.63. The van der Waals surface area contributed by atoms with Gasteiger partial charge < -0.3 is 4.74 Å². The van der Waals surface area contributed by atoms with Crippen LogP contribution in [0.2, 0.25) is 0 Å². The molecule has 0 aliphatic carbocycles. The number of fused-ring (bicyclic) bond motifs is 1. The third-order valence-corrected chi connectivity index (χ3v) is 2.98. The van der Waals surface area contributed by atoms with Gasteiger partial charge >= 0.3 is 0 Å². The highest BCUT2D eigenvalue weighted by atomic mass is 16.5. The van der Waals surface area contributed by atoms with E-state index in [1.165, 1.54) is 0 Å². The van der Waals surface area contributed by atoms with Gasteiger partial charge in [0.05, 0.1) is 29.9 Å². The summed E-state index contributed by atoms with van der Waals surface area (Å²) < 4.78 is 7.44. The van der Waals surface area contributed by atoms with Gasteiger partial charge in [0, 0.05) is 0 Å². The Balaban J connectivity index is 2.13. The SMILES string of the molecule is Cc1cc(C#N)ccc1-c1cnn2c1OCC2. The van der Waals surface area contributed by atoms with E-state index in [-0.39, 0.29) is 0 Å². The Hall–Kier alpha value is -2.28. The minimum absolute atomic E-state index is 0.677. The predicted molar refractivity (Wildman–Crippen MR) is 62.6 cm³/mol. The second-order valence-corrected chi connectivity index (χ2v) is 4.08. The van der Waals surface area contributed by atoms with Gasteiger partial charge in [0.25, 0.3) is 0 Å². The molecular weight excluding hydrogens is 214 g/mol. The summed E-state index contributed by atoms with van der Waals surface area (Å²) in [4.78, 5) is 0. The van der Waals surface area contributed by atoms with Crippen molar-refractivity contribution >= 4 is 0 Å². The molecule has 0 bridgehead atoms. The normalized spacial score (nSPS) is 12.9. The molecule has 0 radical (unpaired) electrons. The molecule has 0 unspecified atom stereocenters. The van der Waals surface area contributed by atoms with E-state index in [4.69, 9.17) is 10.00 Å². The molecule has 1 aliphatic heterocycles. The second-order valence-electron chi connectivity index (χ2n) is 4.08. The van der Waals surface area contributed by atoms with Gasteiger partial charge in [-0.1, -0.05) is 6.07 Å². The third kappa shape index (κ3) is 1.48. The van der Waals surface area contributed by atoms with E-state index < -0.39 is 0 Å². The fraction of sp³-hybridized carbons (Fsp3) is 0.231. The van der Waals surface area contributed by atoms with Crippen molar-refractivity contribution in [2.24, 2.45) is 0 Å². The van der Waals surface area contributed by atoms with Crippen LogP contribution in [-0.4, -0.2) is 16.4 Å². The summed E-state index contributed by atoms with van der Waals surface area (Å²) in [5, 5.41) is 13.1. The van der Waals surface area contributed by atoms with Gasteiger partial charge in [-0.05, 0) is 30.2 Å². The van der Waals surface area contributed by atoms with Gasteiger partial charge in [-0.2, -0.15) is 10.4 Å². The zero-order valence-corrected chi connectivity index (χ0v) is 9.47. The molecule has 84 valence electrons. The van der Waals surface area contributed by atoms with Crippen molar-refractivity contribution in [3.8, 4) is 23.1 Å². The molecule has 0 spiro atoms. The molecule has 1 aliphatic rings. The van der Waals surface area contributed by atoms with Gasteiger partial charge in [0.2, 0.25) is 5.88 Å². The van der Waals surface area contributed by atoms with Crippen molar-refractivity contribution in [2.45, 2.75) is 13.5 Å². The molecule has 1 aromatic heterocycles. The summed E-state index contributed by atoms with van der Waals surface area (Å²) in [5.74, 6) is 0.831. The van der Waals surface area contributed by atoms with Crippen molar-refractivity contribution in [1.82, 2.24) is 9.78 Å². The number of nitrogens with zero attached hydrogens (tertiary/aromatic N) is 3. The van der Waals surface area contributed by atoms with Crippen LogP contribution in [0.25, 0.3) is 11.1 Å². The Bertz CT molecular complexity index is 622. The number of aromatic nitrogens is 2. The highest BCUT2D eigenvalue weighted by Crippen LogP contribution is 2.34. The highest BCUT2D eigenvalue weighted by Gasteiger charge is 2.19. The molecule has 0 saturated heterocycles. The van der Waals surface area contributed by atoms with Gasteiger partial charge in [0.15, 0.2) is 0 Å². The fourth-order valence-corrected chi connectivity index (χ4v) is 2.13. The van der Waals surface area contributed by atoms with E-state index in [1.807, 2.05) is 36.0 Å². The Labute approximate surface area is 99.1 Å². The molecule has 0 N–H and O–H groups in total. The molecule has 4 heteroatoms. The lowest BCUT2D eigenvalue weighted by atomic mass is 10.0. The number of hydrogen-bond donors (Lipinski definition) is 0. The summed E-state index contributed by atoms with van der Waals surface area (Å²) in [6, 6.07) is 7.80. The average Bonchev–Trinajstić information content (AvgIpc) is 2.91. The molecule has 2 aromatic rings. The third-order valence-electron chi connectivity index (χ3n) is 2.98. The van der Waals surface area contributed by atoms with Crippen molar-refractivity contribution in [3.05, 3.63) is 35.5 Å². The van der Waals surface area contributed by atoms with Gasteiger partial charge in [-0.3, -0.25) is 0 Å². The maximum absolute atomic E-state index is 8.85. The summed E-state index contributed by atoms with van der Waals surface area (Å²) in [7, 11) is 0. The molecule has 3 rings (SSSR count). The van der Waals surface area contributed by atoms with E-state index in [0.717, 1.165) is 29.1 Å². The van der Waals surface area contributed by atoms with Gasteiger partial charge in [-0.15, -0.1) is 0 Å². The molecule has 0 amide bonds. The van der Waals surface area contributed by atoms with Crippen LogP contribution < -0.4 is 4.74 Å². The molecule has 0 atom stereocenters. The lowest BCUT2D eigenvalue weighted by Gasteiger charge is -2.05. The lowest BCUT2D eigenvalue weighted by Crippen LogP contribution is -1.93. The fourth-order valence-electron chi connectivity index (χ4n) is 2.13. The molecule has 17 heavy (non-hydrogen) atoms. The van der Waals surface area contributed by atoms with Crippen LogP contribution in [0.5, 0.6) is 5.88 Å². The largest absolute Gasteiger partial charge is 0.475 e. The number of nitriles is 1. The molecule has 1 aromatic carbocycles. The van der Waals surface area contributed by atoms with Gasteiger partial charge in [0.1, 0.15) is 6.61 Å². The van der Waals surface area contributed by atoms with Crippen LogP contribution in [0, 0.1) is 18.3 Å². The van der Waals surface area contributed by atoms with Crippen molar-refractivity contribution in [2.75, 3.05) is 6.61 Å². The van der Waals surface area contributed by atoms with E-state index in [1.54, 1.807) is 0 Å². The van der Waals surface area contributed by atoms with Crippen LogP contribution in [0.15, 0.2) is 24.4 Å². The van der Waals surface area contributed by atoms with Gasteiger partial charge in [-0.25, -0.2) is 4.68 Å². The van der Waals surface area contributed by atoms with Crippen LogP contribution >= 0.6 is 0 Å². The number of benzene rings is 1. The first-order chi connectivity index (χ1) is 8.29. The highest BCUT2D eigenvalue weighted by molar-refractivity contribution is 5.72. The molecule has 0 saturated carbocycles. The predicted octanol–water partition coefficient (Wildman–Crippen LogP) is 2.12. The number of aryl methyl sites for hydroxylation is 1. The topological polar surface area (TPSA) is 50.8 Å². The van der Waals surface area contributed by atoms with Crippen LogP contribution in [0.1, 0.15) is 11.1 Å². The zero-order chi connectivity index (χ0) is 11.8. The monoisotopic (exact) mass is 225 g/mol. The smallest absolute Gasteiger partial charge is 0.220 e. The van der Waals surface area contributed by atoms with Crippen molar-refractivity contribution in [1.29, 1.82) is 5.26 Å². The van der Waals surface area contributed by atoms with Crippen molar-refractivity contribution in [3.63, 3.8) is 0 Å². The van der Waals surface area contributed by atoms with Crippen LogP contribution in [-0.2, 0) is 6.54 Å². The molecule has 2 heterocycles. The molecule has 0 fully saturated rings. The van der Waals surface area contributed by atoms with Crippen LogP contribution in [0.4, 0.5) is 0 Å². The number of ether oxygens (including phenoxy) is 1. The first kappa shape index (κ1) is 9.91. The quantitative estimate of drug-likeness (QED) is 0.747. The maximum Gasteiger partial charge on any atom is 0.220 e. The van der Waals surface area contributed by atoms with E-state index in [9.17, 15) is 0 Å². The maximum atomic E-state index is 8.85. The first-order valence-corrected chi connectivity index (χ1v) is 5.49. The van der Waals surface area contributed by atoms with E-state index >= 15 is 0 Å². The minimum Gasteiger partial charge on any atom is -0.475 e. The number of hydrogen-bond acceptors (Lipinski definition) is 3. The summed E-state index contributed by atoms with van der Waals surface area (Å²) >= 11 is 0. The number of rotatable bonds is 1. The van der Waals surface area contributed by atoms with Crippen molar-refractivity contribution < 1.29 is 4.74 Å². The lowest BCUT2D eigenvalue weighted by molar-refractivity contribution is 0.358. The standard InChI is InChI=1S/C13H11N3O/c1-9-6-10(7-14)2-3-11(9)12-8-15-16-4-5-17-13(12)16/h2-3,6,8H,4-5H2,1H3. The first-order valence-electron chi connectivity index (χ1n) is 5.49. The molecular formula is C13H11N3O. The Morgan fingerprint density at radius 2 is 2.29 bits per heavy atom. The Kier molecular flexibility index (Phi) is 2.12. The summed E-state index contributed by atoms with van der Waals surface area (Å²) in [5.41, 5.74) is 3.82. The van der Waals surface area contributed by atoms with E-state index in [2.05, 4.69) is 11.2 Å². The van der Waals surface area contributed by atoms with Crippen LogP contribution in [0.3, 0.4) is 0 Å². The molecule has 4 nitrogen and oxygen atoms in total. The summed E-state index contributed by atoms with van der Waals surface area (Å²) in [6.07, 6.45) is 1.82. The Morgan fingerprint density at radius 3 is 3.06 bits per heavy atom. The Morgan fingerprint density at radius 1 is 1.41 bits per heavy atom. The van der Waals surface area contributed by atoms with E-state index in [0.29, 0.717) is 12.2 Å². The zero-order valence-electron chi connectivity index (χ0n) is 9.47.